The summed E-state index contributed by atoms with van der Waals surface area (Å²) < 4.78 is 0.627. The normalized spacial score (nSPS) is 10.2. The number of rotatable bonds is 4. The van der Waals surface area contributed by atoms with Crippen LogP contribution in [0, 0.1) is 10.1 Å². The summed E-state index contributed by atoms with van der Waals surface area (Å²) in [5.74, 6) is -0.367. The number of hydrogen-bond donors (Lipinski definition) is 1. The van der Waals surface area contributed by atoms with Gasteiger partial charge in [0, 0.05) is 23.5 Å². The Balaban J connectivity index is 2.23. The highest BCUT2D eigenvalue weighted by molar-refractivity contribution is 9.10. The van der Waals surface area contributed by atoms with Crippen molar-refractivity contribution in [1.29, 1.82) is 0 Å². The first-order chi connectivity index (χ1) is 10.0. The number of nitrogens with one attached hydrogen (secondary N) is 1. The van der Waals surface area contributed by atoms with E-state index in [4.69, 9.17) is 0 Å². The van der Waals surface area contributed by atoms with Crippen LogP contribution >= 0.6 is 15.9 Å². The molecule has 0 aliphatic rings. The van der Waals surface area contributed by atoms with Crippen LogP contribution in [-0.2, 0) is 6.42 Å². The highest BCUT2D eigenvalue weighted by atomic mass is 79.9. The van der Waals surface area contributed by atoms with Crippen molar-refractivity contribution in [3.63, 3.8) is 0 Å². The Hall–Kier alpha value is -2.28. The first-order valence-electron chi connectivity index (χ1n) is 6.21. The van der Waals surface area contributed by atoms with E-state index in [2.05, 4.69) is 26.2 Å². The van der Waals surface area contributed by atoms with Crippen molar-refractivity contribution in [2.24, 2.45) is 0 Å². The van der Waals surface area contributed by atoms with Crippen molar-refractivity contribution >= 4 is 33.2 Å². The number of benzene rings is 1. The topological polar surface area (TPSA) is 85.1 Å². The van der Waals surface area contributed by atoms with Crippen molar-refractivity contribution in [2.75, 3.05) is 5.32 Å². The first kappa shape index (κ1) is 15.1. The van der Waals surface area contributed by atoms with Gasteiger partial charge < -0.3 is 5.32 Å². The van der Waals surface area contributed by atoms with Gasteiger partial charge in [0.25, 0.3) is 11.6 Å². The molecule has 0 saturated heterocycles. The Morgan fingerprint density at radius 2 is 2.14 bits per heavy atom. The van der Waals surface area contributed by atoms with Gasteiger partial charge in [0.2, 0.25) is 0 Å². The van der Waals surface area contributed by atoms with Gasteiger partial charge in [0.15, 0.2) is 0 Å². The maximum Gasteiger partial charge on any atom is 0.274 e. The average Bonchev–Trinajstić information content (AvgIpc) is 2.47. The van der Waals surface area contributed by atoms with Gasteiger partial charge >= 0.3 is 0 Å². The maximum absolute atomic E-state index is 12.0. The number of anilines is 1. The molecule has 1 aromatic carbocycles. The molecule has 21 heavy (non-hydrogen) atoms. The number of aromatic nitrogens is 1. The third kappa shape index (κ3) is 3.63. The molecule has 0 bridgehead atoms. The van der Waals surface area contributed by atoms with Gasteiger partial charge in [-0.1, -0.05) is 13.0 Å². The molecule has 0 saturated carbocycles. The van der Waals surface area contributed by atoms with Gasteiger partial charge in [-0.05, 0) is 40.5 Å². The number of amides is 1. The Morgan fingerprint density at radius 1 is 1.38 bits per heavy atom. The molecule has 1 N–H and O–H groups in total. The standard InChI is InChI=1S/C14H12BrN3O3/c1-2-9-3-5-11(7-12(9)18(20)21)17-14(19)10-4-6-13(15)16-8-10/h3-8H,2H2,1H3,(H,17,19). The quantitative estimate of drug-likeness (QED) is 0.519. The number of carbonyl (C=O) groups excluding carboxylic acids is 1. The van der Waals surface area contributed by atoms with Gasteiger partial charge in [-0.3, -0.25) is 14.9 Å². The summed E-state index contributed by atoms with van der Waals surface area (Å²) in [6, 6.07) is 7.92. The summed E-state index contributed by atoms with van der Waals surface area (Å²) in [4.78, 5) is 26.5. The summed E-state index contributed by atoms with van der Waals surface area (Å²) in [6.45, 7) is 1.84. The number of nitro groups is 1. The van der Waals surface area contributed by atoms with Crippen LogP contribution in [0.5, 0.6) is 0 Å². The van der Waals surface area contributed by atoms with E-state index in [0.29, 0.717) is 27.8 Å². The summed E-state index contributed by atoms with van der Waals surface area (Å²) in [5, 5.41) is 13.6. The summed E-state index contributed by atoms with van der Waals surface area (Å²) in [5.41, 5.74) is 1.39. The van der Waals surface area contributed by atoms with E-state index in [9.17, 15) is 14.9 Å². The Kier molecular flexibility index (Phi) is 4.64. The van der Waals surface area contributed by atoms with Crippen molar-refractivity contribution in [3.8, 4) is 0 Å². The molecule has 0 atom stereocenters. The molecule has 0 fully saturated rings. The zero-order chi connectivity index (χ0) is 15.4. The predicted octanol–water partition coefficient (Wildman–Crippen LogP) is 3.57. The highest BCUT2D eigenvalue weighted by Gasteiger charge is 2.14. The van der Waals surface area contributed by atoms with Crippen LogP contribution in [0.2, 0.25) is 0 Å². The molecule has 0 unspecified atom stereocenters. The smallest absolute Gasteiger partial charge is 0.274 e. The molecule has 1 heterocycles. The second-order valence-corrected chi connectivity index (χ2v) is 5.09. The lowest BCUT2D eigenvalue weighted by Crippen LogP contribution is -2.12. The fourth-order valence-corrected chi connectivity index (χ4v) is 2.06. The maximum atomic E-state index is 12.0. The number of carbonyl (C=O) groups is 1. The van der Waals surface area contributed by atoms with Crippen molar-refractivity contribution < 1.29 is 9.72 Å². The SMILES string of the molecule is CCc1ccc(NC(=O)c2ccc(Br)nc2)cc1[N+](=O)[O-]. The Labute approximate surface area is 129 Å². The average molecular weight is 350 g/mol. The summed E-state index contributed by atoms with van der Waals surface area (Å²) in [7, 11) is 0. The van der Waals surface area contributed by atoms with E-state index in [1.54, 1.807) is 24.3 Å². The summed E-state index contributed by atoms with van der Waals surface area (Å²) >= 11 is 3.18. The molecule has 108 valence electrons. The predicted molar refractivity (Wildman–Crippen MR) is 82.4 cm³/mol. The van der Waals surface area contributed by atoms with E-state index < -0.39 is 4.92 Å². The van der Waals surface area contributed by atoms with Crippen LogP contribution in [0.25, 0.3) is 0 Å². The minimum atomic E-state index is -0.449. The number of nitrogens with zero attached hydrogens (tertiary/aromatic N) is 2. The molecule has 0 spiro atoms. The van der Waals surface area contributed by atoms with E-state index in [1.807, 2.05) is 6.92 Å². The molecule has 0 aliphatic carbocycles. The number of nitro benzene ring substituents is 1. The number of aryl methyl sites for hydroxylation is 1. The van der Waals surface area contributed by atoms with Crippen LogP contribution in [0.15, 0.2) is 41.1 Å². The zero-order valence-electron chi connectivity index (χ0n) is 11.2. The minimum Gasteiger partial charge on any atom is -0.322 e. The Morgan fingerprint density at radius 3 is 2.71 bits per heavy atom. The molecule has 1 amide bonds. The molecule has 1 aromatic heterocycles. The van der Waals surface area contributed by atoms with Crippen LogP contribution in [0.4, 0.5) is 11.4 Å². The lowest BCUT2D eigenvalue weighted by atomic mass is 10.1. The van der Waals surface area contributed by atoms with Gasteiger partial charge in [-0.2, -0.15) is 0 Å². The zero-order valence-corrected chi connectivity index (χ0v) is 12.8. The van der Waals surface area contributed by atoms with Crippen LogP contribution in [-0.4, -0.2) is 15.8 Å². The highest BCUT2D eigenvalue weighted by Crippen LogP contribution is 2.24. The lowest BCUT2D eigenvalue weighted by Gasteiger charge is -2.07. The molecular weight excluding hydrogens is 338 g/mol. The van der Waals surface area contributed by atoms with Gasteiger partial charge in [0.1, 0.15) is 4.60 Å². The van der Waals surface area contributed by atoms with E-state index >= 15 is 0 Å². The van der Waals surface area contributed by atoms with E-state index in [0.717, 1.165) is 0 Å². The minimum absolute atomic E-state index is 0.00392. The van der Waals surface area contributed by atoms with Gasteiger partial charge in [-0.15, -0.1) is 0 Å². The lowest BCUT2D eigenvalue weighted by molar-refractivity contribution is -0.385. The molecule has 0 radical (unpaired) electrons. The largest absolute Gasteiger partial charge is 0.322 e. The molecule has 0 aliphatic heterocycles. The van der Waals surface area contributed by atoms with Crippen LogP contribution in [0.1, 0.15) is 22.8 Å². The van der Waals surface area contributed by atoms with Crippen LogP contribution < -0.4 is 5.32 Å². The molecular formula is C14H12BrN3O3. The van der Waals surface area contributed by atoms with E-state index in [1.165, 1.54) is 12.3 Å². The number of pyridine rings is 1. The second-order valence-electron chi connectivity index (χ2n) is 4.28. The van der Waals surface area contributed by atoms with Crippen molar-refractivity contribution in [1.82, 2.24) is 4.98 Å². The van der Waals surface area contributed by atoms with Crippen molar-refractivity contribution in [2.45, 2.75) is 13.3 Å². The Bertz CT molecular complexity index is 686. The van der Waals surface area contributed by atoms with E-state index in [-0.39, 0.29) is 11.6 Å². The first-order valence-corrected chi connectivity index (χ1v) is 7.00. The van der Waals surface area contributed by atoms with Gasteiger partial charge in [0.05, 0.1) is 10.5 Å². The summed E-state index contributed by atoms with van der Waals surface area (Å²) in [6.07, 6.45) is 1.98. The number of halogens is 1. The fourth-order valence-electron chi connectivity index (χ4n) is 1.82. The molecule has 6 nitrogen and oxygen atoms in total. The monoisotopic (exact) mass is 349 g/mol. The molecule has 2 aromatic rings. The molecule has 7 heteroatoms. The third-order valence-corrected chi connectivity index (χ3v) is 3.38. The van der Waals surface area contributed by atoms with Gasteiger partial charge in [-0.25, -0.2) is 4.98 Å². The van der Waals surface area contributed by atoms with Crippen LogP contribution in [0.3, 0.4) is 0 Å². The van der Waals surface area contributed by atoms with Crippen molar-refractivity contribution in [3.05, 3.63) is 62.4 Å². The fraction of sp³-hybridized carbons (Fsp3) is 0.143. The second kappa shape index (κ2) is 6.45. The third-order valence-electron chi connectivity index (χ3n) is 2.91. The molecule has 2 rings (SSSR count). The number of hydrogen-bond acceptors (Lipinski definition) is 4.